The molecule has 1 aromatic carbocycles. The highest BCUT2D eigenvalue weighted by Crippen LogP contribution is 2.07. The Bertz CT molecular complexity index is 936. The number of benzene rings is 1. The van der Waals surface area contributed by atoms with Gasteiger partial charge in [0.2, 0.25) is 17.7 Å². The molecular weight excluding hydrogens is 474 g/mol. The Kier molecular flexibility index (Phi) is 13.0. The molecule has 0 aliphatic carbocycles. The molecule has 0 spiro atoms. The Morgan fingerprint density at radius 1 is 0.861 bits per heavy atom. The number of carbonyl (C=O) groups excluding carboxylic acids is 3. The number of aliphatic carboxylic acids is 2. The van der Waals surface area contributed by atoms with E-state index < -0.39 is 54.2 Å². The van der Waals surface area contributed by atoms with Crippen LogP contribution in [-0.2, 0) is 30.4 Å². The first-order chi connectivity index (χ1) is 17.0. The predicted octanol–water partition coefficient (Wildman–Crippen LogP) is -2.35. The second kappa shape index (κ2) is 15.7. The number of guanidine groups is 1. The Balaban J connectivity index is 2.99. The molecule has 36 heavy (non-hydrogen) atoms. The molecule has 0 radical (unpaired) electrons. The molecule has 0 saturated heterocycles. The third kappa shape index (κ3) is 11.8. The lowest BCUT2D eigenvalue weighted by Crippen LogP contribution is -2.56. The number of aliphatic imine (C=N–C) groups is 1. The lowest BCUT2D eigenvalue weighted by atomic mass is 10.0. The van der Waals surface area contributed by atoms with E-state index in [4.69, 9.17) is 22.3 Å². The van der Waals surface area contributed by atoms with Crippen molar-refractivity contribution < 1.29 is 34.2 Å². The highest BCUT2D eigenvalue weighted by atomic mass is 16.4. The maximum atomic E-state index is 13.0. The van der Waals surface area contributed by atoms with Gasteiger partial charge < -0.3 is 43.4 Å². The van der Waals surface area contributed by atoms with E-state index in [-0.39, 0.29) is 44.7 Å². The molecule has 1 aromatic rings. The lowest BCUT2D eigenvalue weighted by Gasteiger charge is -2.24. The van der Waals surface area contributed by atoms with E-state index in [1.807, 2.05) is 0 Å². The van der Waals surface area contributed by atoms with Crippen molar-refractivity contribution in [2.45, 2.75) is 50.2 Å². The van der Waals surface area contributed by atoms with E-state index in [9.17, 15) is 29.1 Å². The Morgan fingerprint density at radius 2 is 1.47 bits per heavy atom. The molecule has 0 heterocycles. The Labute approximate surface area is 207 Å². The van der Waals surface area contributed by atoms with Crippen molar-refractivity contribution in [3.63, 3.8) is 0 Å². The highest BCUT2D eigenvalue weighted by Gasteiger charge is 2.29. The van der Waals surface area contributed by atoms with Crippen LogP contribution in [0.3, 0.4) is 0 Å². The van der Waals surface area contributed by atoms with Crippen LogP contribution in [0.5, 0.6) is 0 Å². The van der Waals surface area contributed by atoms with Gasteiger partial charge in [-0.3, -0.25) is 24.2 Å². The van der Waals surface area contributed by atoms with Crippen LogP contribution in [0.1, 0.15) is 31.2 Å². The Hall–Kier alpha value is -4.20. The summed E-state index contributed by atoms with van der Waals surface area (Å²) in [6.45, 7) is -0.231. The smallest absolute Gasteiger partial charge is 0.326 e. The molecule has 0 aliphatic rings. The van der Waals surface area contributed by atoms with Gasteiger partial charge in [0, 0.05) is 19.4 Å². The topological polar surface area (TPSA) is 252 Å². The van der Waals surface area contributed by atoms with Crippen LogP contribution < -0.4 is 33.2 Å². The summed E-state index contributed by atoms with van der Waals surface area (Å²) in [6.07, 6.45) is -0.477. The van der Waals surface area contributed by atoms with Gasteiger partial charge in [0.15, 0.2) is 5.96 Å². The average molecular weight is 508 g/mol. The van der Waals surface area contributed by atoms with E-state index >= 15 is 0 Å². The number of nitrogens with zero attached hydrogens (tertiary/aromatic N) is 1. The minimum Gasteiger partial charge on any atom is -0.481 e. The van der Waals surface area contributed by atoms with Crippen LogP contribution >= 0.6 is 0 Å². The second-order valence-electron chi connectivity index (χ2n) is 7.86. The first-order valence-corrected chi connectivity index (χ1v) is 11.2. The molecular formula is C22H33N7O7. The number of carboxylic acid groups (broad SMARTS) is 2. The second-order valence-corrected chi connectivity index (χ2v) is 7.86. The van der Waals surface area contributed by atoms with Crippen molar-refractivity contribution in [2.24, 2.45) is 22.2 Å². The predicted molar refractivity (Wildman–Crippen MR) is 129 cm³/mol. The van der Waals surface area contributed by atoms with E-state index in [0.29, 0.717) is 5.56 Å². The van der Waals surface area contributed by atoms with Gasteiger partial charge in [-0.1, -0.05) is 30.3 Å². The largest absolute Gasteiger partial charge is 0.481 e. The molecule has 0 saturated carbocycles. The molecule has 0 fully saturated rings. The van der Waals surface area contributed by atoms with Gasteiger partial charge in [0.25, 0.3) is 0 Å². The summed E-state index contributed by atoms with van der Waals surface area (Å²) in [7, 11) is 0. The number of hydrogen-bond donors (Lipinski definition) is 8. The molecule has 14 heteroatoms. The normalized spacial score (nSPS) is 12.9. The lowest BCUT2D eigenvalue weighted by molar-refractivity contribution is -0.143. The van der Waals surface area contributed by atoms with Gasteiger partial charge in [0.05, 0.1) is 6.54 Å². The standard InChI is InChI=1S/C22H33N7O7/c23-12-17(30)27-16(11-13-5-2-1-3-6-13)20(34)28-14(8-9-18(31)32)19(33)29-15(21(35)36)7-4-10-26-22(24)25/h1-3,5-6,14-16H,4,7-12,23H2,(H,27,30)(H,28,34)(H,29,33)(H,31,32)(H,35,36)(H4,24,25,26). The van der Waals surface area contributed by atoms with E-state index in [0.717, 1.165) is 0 Å². The molecule has 198 valence electrons. The van der Waals surface area contributed by atoms with Gasteiger partial charge in [0.1, 0.15) is 18.1 Å². The van der Waals surface area contributed by atoms with Crippen LogP contribution in [0.2, 0.25) is 0 Å². The number of rotatable bonds is 16. The number of amides is 3. The summed E-state index contributed by atoms with van der Waals surface area (Å²) in [5, 5.41) is 25.7. The molecule has 0 aromatic heterocycles. The summed E-state index contributed by atoms with van der Waals surface area (Å²) in [6, 6.07) is 4.94. The number of carbonyl (C=O) groups is 5. The number of carboxylic acids is 2. The van der Waals surface area contributed by atoms with Crippen molar-refractivity contribution in [1.82, 2.24) is 16.0 Å². The van der Waals surface area contributed by atoms with Crippen molar-refractivity contribution in [3.05, 3.63) is 35.9 Å². The summed E-state index contributed by atoms with van der Waals surface area (Å²) >= 11 is 0. The highest BCUT2D eigenvalue weighted by molar-refractivity contribution is 5.94. The molecule has 3 atom stereocenters. The molecule has 3 amide bonds. The fourth-order valence-corrected chi connectivity index (χ4v) is 3.15. The minimum absolute atomic E-state index is 0.0133. The molecule has 3 unspecified atom stereocenters. The zero-order chi connectivity index (χ0) is 27.1. The molecule has 1 rings (SSSR count). The SMILES string of the molecule is NCC(=O)NC(Cc1ccccc1)C(=O)NC(CCC(=O)O)C(=O)NC(CCCN=C(N)N)C(=O)O. The van der Waals surface area contributed by atoms with Crippen molar-refractivity contribution in [2.75, 3.05) is 13.1 Å². The third-order valence-corrected chi connectivity index (χ3v) is 4.96. The van der Waals surface area contributed by atoms with Crippen LogP contribution in [0.25, 0.3) is 0 Å². The zero-order valence-electron chi connectivity index (χ0n) is 19.7. The van der Waals surface area contributed by atoms with Crippen molar-refractivity contribution in [1.29, 1.82) is 0 Å². The van der Waals surface area contributed by atoms with E-state index in [1.54, 1.807) is 30.3 Å². The van der Waals surface area contributed by atoms with Gasteiger partial charge in [-0.2, -0.15) is 0 Å². The molecule has 0 aliphatic heterocycles. The average Bonchev–Trinajstić information content (AvgIpc) is 2.82. The first kappa shape index (κ1) is 29.8. The van der Waals surface area contributed by atoms with Gasteiger partial charge in [-0.05, 0) is 24.8 Å². The van der Waals surface area contributed by atoms with Crippen molar-refractivity contribution in [3.8, 4) is 0 Å². The van der Waals surface area contributed by atoms with Crippen LogP contribution in [0.15, 0.2) is 35.3 Å². The summed E-state index contributed by atoms with van der Waals surface area (Å²) < 4.78 is 0. The Morgan fingerprint density at radius 3 is 2.03 bits per heavy atom. The maximum absolute atomic E-state index is 13.0. The summed E-state index contributed by atoms with van der Waals surface area (Å²) in [5.41, 5.74) is 16.5. The van der Waals surface area contributed by atoms with Gasteiger partial charge in [-0.25, -0.2) is 4.79 Å². The van der Waals surface area contributed by atoms with Gasteiger partial charge in [-0.15, -0.1) is 0 Å². The fraction of sp³-hybridized carbons (Fsp3) is 0.455. The van der Waals surface area contributed by atoms with Gasteiger partial charge >= 0.3 is 11.9 Å². The van der Waals surface area contributed by atoms with Crippen molar-refractivity contribution >= 4 is 35.6 Å². The first-order valence-electron chi connectivity index (χ1n) is 11.2. The van der Waals surface area contributed by atoms with E-state index in [2.05, 4.69) is 20.9 Å². The monoisotopic (exact) mass is 507 g/mol. The minimum atomic E-state index is -1.37. The maximum Gasteiger partial charge on any atom is 0.326 e. The summed E-state index contributed by atoms with van der Waals surface area (Å²) in [5.74, 6) is -4.95. The number of nitrogens with two attached hydrogens (primary N) is 3. The molecule has 14 nitrogen and oxygen atoms in total. The van der Waals surface area contributed by atoms with Crippen LogP contribution in [0.4, 0.5) is 0 Å². The van der Waals surface area contributed by atoms with E-state index in [1.165, 1.54) is 0 Å². The molecule has 0 bridgehead atoms. The van der Waals surface area contributed by atoms with Crippen LogP contribution in [-0.4, -0.2) is 77.0 Å². The summed E-state index contributed by atoms with van der Waals surface area (Å²) in [4.78, 5) is 64.2. The van der Waals surface area contributed by atoms with Crippen LogP contribution in [0, 0.1) is 0 Å². The zero-order valence-corrected chi connectivity index (χ0v) is 19.7. The third-order valence-electron chi connectivity index (χ3n) is 4.96. The quantitative estimate of drug-likeness (QED) is 0.0671. The molecule has 11 N–H and O–H groups in total. The number of hydrogen-bond acceptors (Lipinski definition) is 7. The number of nitrogens with one attached hydrogen (secondary N) is 3. The fourth-order valence-electron chi connectivity index (χ4n) is 3.15.